The van der Waals surface area contributed by atoms with Gasteiger partial charge in [0.15, 0.2) is 0 Å². The number of nitrogens with zero attached hydrogens (tertiary/aromatic N) is 2. The SMILES string of the molecule is N#Cc1ccc(S(=O)(=O)NCCc2nccs2)s1. The van der Waals surface area contributed by atoms with Crippen molar-refractivity contribution in [3.63, 3.8) is 0 Å². The molecule has 5 nitrogen and oxygen atoms in total. The highest BCUT2D eigenvalue weighted by molar-refractivity contribution is 7.91. The molecule has 0 saturated carbocycles. The third kappa shape index (κ3) is 3.14. The van der Waals surface area contributed by atoms with Crippen molar-refractivity contribution in [2.75, 3.05) is 6.54 Å². The lowest BCUT2D eigenvalue weighted by atomic mass is 10.5. The molecule has 0 saturated heterocycles. The highest BCUT2D eigenvalue weighted by Gasteiger charge is 2.16. The van der Waals surface area contributed by atoms with E-state index in [2.05, 4.69) is 9.71 Å². The molecule has 18 heavy (non-hydrogen) atoms. The summed E-state index contributed by atoms with van der Waals surface area (Å²) in [5.41, 5.74) is 0. The van der Waals surface area contributed by atoms with Crippen molar-refractivity contribution in [2.45, 2.75) is 10.6 Å². The van der Waals surface area contributed by atoms with Gasteiger partial charge in [-0.1, -0.05) is 0 Å². The molecular weight excluding hydrogens is 290 g/mol. The normalized spacial score (nSPS) is 11.3. The Morgan fingerprint density at radius 2 is 2.28 bits per heavy atom. The first-order valence-electron chi connectivity index (χ1n) is 5.00. The van der Waals surface area contributed by atoms with Crippen LogP contribution in [0.25, 0.3) is 0 Å². The molecular formula is C10H9N3O2S3. The Kier molecular flexibility index (Phi) is 4.08. The van der Waals surface area contributed by atoms with Crippen molar-refractivity contribution in [1.29, 1.82) is 5.26 Å². The molecule has 0 amide bonds. The molecule has 0 fully saturated rings. The predicted octanol–water partition coefficient (Wildman–Crippen LogP) is 1.60. The monoisotopic (exact) mass is 299 g/mol. The van der Waals surface area contributed by atoms with E-state index in [1.165, 1.54) is 23.5 Å². The van der Waals surface area contributed by atoms with Crippen molar-refractivity contribution in [1.82, 2.24) is 9.71 Å². The molecule has 2 heterocycles. The Morgan fingerprint density at radius 1 is 1.44 bits per heavy atom. The molecule has 0 bridgehead atoms. The Balaban J connectivity index is 1.97. The van der Waals surface area contributed by atoms with Gasteiger partial charge in [0.25, 0.3) is 0 Å². The van der Waals surface area contributed by atoms with Gasteiger partial charge in [-0.2, -0.15) is 5.26 Å². The molecule has 0 atom stereocenters. The summed E-state index contributed by atoms with van der Waals surface area (Å²) < 4.78 is 26.4. The van der Waals surface area contributed by atoms with Gasteiger partial charge in [-0.15, -0.1) is 22.7 Å². The topological polar surface area (TPSA) is 82.8 Å². The van der Waals surface area contributed by atoms with Crippen LogP contribution in [0.4, 0.5) is 0 Å². The van der Waals surface area contributed by atoms with E-state index >= 15 is 0 Å². The van der Waals surface area contributed by atoms with Crippen LogP contribution in [0.15, 0.2) is 27.9 Å². The number of nitrogens with one attached hydrogen (secondary N) is 1. The van der Waals surface area contributed by atoms with Crippen LogP contribution in [0.1, 0.15) is 9.88 Å². The van der Waals surface area contributed by atoms with Gasteiger partial charge in [-0.3, -0.25) is 0 Å². The molecule has 0 radical (unpaired) electrons. The van der Waals surface area contributed by atoms with Crippen LogP contribution in [0, 0.1) is 11.3 Å². The summed E-state index contributed by atoms with van der Waals surface area (Å²) in [4.78, 5) is 4.45. The maximum Gasteiger partial charge on any atom is 0.250 e. The molecule has 2 aromatic rings. The number of thiazole rings is 1. The quantitative estimate of drug-likeness (QED) is 0.909. The van der Waals surface area contributed by atoms with Crippen LogP contribution in [0.3, 0.4) is 0 Å². The van der Waals surface area contributed by atoms with Gasteiger partial charge in [0.2, 0.25) is 10.0 Å². The van der Waals surface area contributed by atoms with E-state index in [4.69, 9.17) is 5.26 Å². The smallest absolute Gasteiger partial charge is 0.250 e. The highest BCUT2D eigenvalue weighted by atomic mass is 32.2. The van der Waals surface area contributed by atoms with Gasteiger partial charge in [0.05, 0.1) is 5.01 Å². The molecule has 2 aromatic heterocycles. The van der Waals surface area contributed by atoms with E-state index in [-0.39, 0.29) is 4.21 Å². The standard InChI is InChI=1S/C10H9N3O2S3/c11-7-8-1-2-10(17-8)18(14,15)13-4-3-9-12-5-6-16-9/h1-2,5-6,13H,3-4H2. The molecule has 2 rings (SSSR count). The Labute approximate surface area is 113 Å². The number of nitriles is 1. The van der Waals surface area contributed by atoms with Gasteiger partial charge in [0, 0.05) is 24.5 Å². The first-order valence-corrected chi connectivity index (χ1v) is 8.18. The fraction of sp³-hybridized carbons (Fsp3) is 0.200. The number of sulfonamides is 1. The summed E-state index contributed by atoms with van der Waals surface area (Å²) >= 11 is 2.45. The minimum atomic E-state index is -3.51. The number of aromatic nitrogens is 1. The van der Waals surface area contributed by atoms with Gasteiger partial charge in [-0.05, 0) is 12.1 Å². The second-order valence-electron chi connectivity index (χ2n) is 3.30. The predicted molar refractivity (Wildman–Crippen MR) is 70.0 cm³/mol. The maximum absolute atomic E-state index is 11.9. The second-order valence-corrected chi connectivity index (χ2v) is 7.36. The molecule has 0 aliphatic heterocycles. The minimum absolute atomic E-state index is 0.165. The van der Waals surface area contributed by atoms with E-state index in [0.29, 0.717) is 17.8 Å². The van der Waals surface area contributed by atoms with E-state index in [9.17, 15) is 8.42 Å². The fourth-order valence-electron chi connectivity index (χ4n) is 1.26. The number of hydrogen-bond acceptors (Lipinski definition) is 6. The second kappa shape index (κ2) is 5.58. The average molecular weight is 299 g/mol. The average Bonchev–Trinajstić information content (AvgIpc) is 2.99. The molecule has 0 unspecified atom stereocenters. The molecule has 0 spiro atoms. The molecule has 1 N–H and O–H groups in total. The lowest BCUT2D eigenvalue weighted by molar-refractivity contribution is 0.583. The summed E-state index contributed by atoms with van der Waals surface area (Å²) in [5, 5.41) is 11.4. The zero-order valence-corrected chi connectivity index (χ0v) is 11.6. The zero-order chi connectivity index (χ0) is 13.0. The van der Waals surface area contributed by atoms with Crippen molar-refractivity contribution in [3.05, 3.63) is 33.6 Å². The lowest BCUT2D eigenvalue weighted by Gasteiger charge is -2.02. The lowest BCUT2D eigenvalue weighted by Crippen LogP contribution is -2.25. The zero-order valence-electron chi connectivity index (χ0n) is 9.16. The van der Waals surface area contributed by atoms with E-state index in [1.54, 1.807) is 6.20 Å². The third-order valence-electron chi connectivity index (χ3n) is 2.07. The largest absolute Gasteiger partial charge is 0.250 e. The molecule has 94 valence electrons. The van der Waals surface area contributed by atoms with Gasteiger partial charge in [0.1, 0.15) is 15.2 Å². The van der Waals surface area contributed by atoms with Gasteiger partial charge < -0.3 is 0 Å². The molecule has 0 aliphatic carbocycles. The first kappa shape index (κ1) is 13.2. The number of thiophene rings is 1. The van der Waals surface area contributed by atoms with Crippen molar-refractivity contribution in [3.8, 4) is 6.07 Å². The maximum atomic E-state index is 11.9. The van der Waals surface area contributed by atoms with Crippen LogP contribution in [0.5, 0.6) is 0 Å². The van der Waals surface area contributed by atoms with Gasteiger partial charge in [-0.25, -0.2) is 18.1 Å². The number of hydrogen-bond donors (Lipinski definition) is 1. The summed E-state index contributed by atoms with van der Waals surface area (Å²) in [5.74, 6) is 0. The fourth-order valence-corrected chi connectivity index (χ4v) is 4.06. The van der Waals surface area contributed by atoms with Crippen molar-refractivity contribution in [2.24, 2.45) is 0 Å². The van der Waals surface area contributed by atoms with Crippen LogP contribution in [-0.4, -0.2) is 19.9 Å². The first-order chi connectivity index (χ1) is 8.62. The Bertz CT molecular complexity index is 653. The minimum Gasteiger partial charge on any atom is -0.250 e. The third-order valence-corrected chi connectivity index (χ3v) is 5.85. The van der Waals surface area contributed by atoms with E-state index in [0.717, 1.165) is 16.3 Å². The summed E-state index contributed by atoms with van der Waals surface area (Å²) in [7, 11) is -3.51. The molecule has 8 heteroatoms. The van der Waals surface area contributed by atoms with Gasteiger partial charge >= 0.3 is 0 Å². The highest BCUT2D eigenvalue weighted by Crippen LogP contribution is 2.20. The van der Waals surface area contributed by atoms with Crippen LogP contribution >= 0.6 is 22.7 Å². The molecule has 0 aromatic carbocycles. The summed E-state index contributed by atoms with van der Waals surface area (Å²) in [6.07, 6.45) is 2.25. The summed E-state index contributed by atoms with van der Waals surface area (Å²) in [6, 6.07) is 4.86. The molecule has 0 aliphatic rings. The Hall–Kier alpha value is -1.27. The van der Waals surface area contributed by atoms with Crippen molar-refractivity contribution < 1.29 is 8.42 Å². The van der Waals surface area contributed by atoms with Crippen LogP contribution < -0.4 is 4.72 Å². The summed E-state index contributed by atoms with van der Waals surface area (Å²) in [6.45, 7) is 0.301. The van der Waals surface area contributed by atoms with E-state index in [1.807, 2.05) is 11.4 Å². The number of rotatable bonds is 5. The van der Waals surface area contributed by atoms with E-state index < -0.39 is 10.0 Å². The van der Waals surface area contributed by atoms with Crippen LogP contribution in [-0.2, 0) is 16.4 Å². The van der Waals surface area contributed by atoms with Crippen molar-refractivity contribution >= 4 is 32.7 Å². The Morgan fingerprint density at radius 3 is 2.89 bits per heavy atom. The van der Waals surface area contributed by atoms with Crippen LogP contribution in [0.2, 0.25) is 0 Å².